The summed E-state index contributed by atoms with van der Waals surface area (Å²) in [5, 5.41) is 8.19. The Bertz CT molecular complexity index is 571. The Kier molecular flexibility index (Phi) is 4.29. The van der Waals surface area contributed by atoms with E-state index in [1.807, 2.05) is 22.9 Å². The van der Waals surface area contributed by atoms with Gasteiger partial charge >= 0.3 is 0 Å². The molecule has 2 aliphatic rings. The number of likely N-dealkylation sites (tertiary alicyclic amines) is 1. The highest BCUT2D eigenvalue weighted by Gasteiger charge is 2.35. The molecule has 5 heteroatoms. The molecular weight excluding hydrogens is 284 g/mol. The minimum absolute atomic E-state index is 0. The third-order valence-corrected chi connectivity index (χ3v) is 4.52. The molecule has 2 fully saturated rings. The van der Waals surface area contributed by atoms with Gasteiger partial charge in [-0.15, -0.1) is 12.4 Å². The fourth-order valence-electron chi connectivity index (χ4n) is 3.48. The molecule has 0 aliphatic carbocycles. The topological polar surface area (TPSA) is 33.1 Å². The molecule has 4 rings (SSSR count). The van der Waals surface area contributed by atoms with Crippen molar-refractivity contribution in [1.82, 2.24) is 20.0 Å². The van der Waals surface area contributed by atoms with Crippen LogP contribution in [-0.2, 0) is 6.54 Å². The van der Waals surface area contributed by atoms with Crippen LogP contribution in [0.3, 0.4) is 0 Å². The number of hydrogen-bond donors (Lipinski definition) is 1. The number of aromatic nitrogens is 2. The zero-order chi connectivity index (χ0) is 13.4. The summed E-state index contributed by atoms with van der Waals surface area (Å²) in [6.45, 7) is 5.80. The van der Waals surface area contributed by atoms with Gasteiger partial charge in [0, 0.05) is 25.8 Å². The Morgan fingerprint density at radius 2 is 1.76 bits per heavy atom. The van der Waals surface area contributed by atoms with Gasteiger partial charge in [0.05, 0.1) is 11.4 Å². The Balaban J connectivity index is 0.00000132. The van der Waals surface area contributed by atoms with Gasteiger partial charge in [0.2, 0.25) is 0 Å². The molecule has 0 unspecified atom stereocenters. The lowest BCUT2D eigenvalue weighted by molar-refractivity contribution is 0.301. The van der Waals surface area contributed by atoms with Gasteiger partial charge in [-0.05, 0) is 43.1 Å². The average Bonchev–Trinajstić information content (AvgIpc) is 3.16. The van der Waals surface area contributed by atoms with E-state index in [2.05, 4.69) is 34.6 Å². The minimum Gasteiger partial charge on any atom is -0.316 e. The van der Waals surface area contributed by atoms with Crippen LogP contribution in [0.5, 0.6) is 0 Å². The molecule has 112 valence electrons. The van der Waals surface area contributed by atoms with Gasteiger partial charge < -0.3 is 5.32 Å². The van der Waals surface area contributed by atoms with Crippen molar-refractivity contribution < 1.29 is 0 Å². The summed E-state index contributed by atoms with van der Waals surface area (Å²) in [4.78, 5) is 2.55. The van der Waals surface area contributed by atoms with Crippen molar-refractivity contribution in [3.05, 3.63) is 48.3 Å². The summed E-state index contributed by atoms with van der Waals surface area (Å²) < 4.78 is 1.97. The summed E-state index contributed by atoms with van der Waals surface area (Å²) in [6, 6.07) is 12.4. The number of fused-ring (bicyclic) bond motifs is 1. The first-order valence-corrected chi connectivity index (χ1v) is 7.41. The number of nitrogens with zero attached hydrogens (tertiary/aromatic N) is 3. The summed E-state index contributed by atoms with van der Waals surface area (Å²) in [5.41, 5.74) is 2.29. The first-order chi connectivity index (χ1) is 9.88. The Hall–Kier alpha value is -1.36. The number of para-hydroxylation sites is 1. The van der Waals surface area contributed by atoms with E-state index >= 15 is 0 Å². The van der Waals surface area contributed by atoms with E-state index in [0.717, 1.165) is 24.1 Å². The van der Waals surface area contributed by atoms with Gasteiger partial charge in [-0.2, -0.15) is 5.10 Å². The highest BCUT2D eigenvalue weighted by molar-refractivity contribution is 5.85. The maximum absolute atomic E-state index is 4.70. The lowest BCUT2D eigenvalue weighted by atomic mass is 10.0. The molecule has 2 saturated heterocycles. The van der Waals surface area contributed by atoms with Gasteiger partial charge in [0.15, 0.2) is 0 Å². The molecule has 0 saturated carbocycles. The van der Waals surface area contributed by atoms with Crippen LogP contribution in [-0.4, -0.2) is 40.9 Å². The molecule has 1 N–H and O–H groups in total. The fourth-order valence-corrected chi connectivity index (χ4v) is 3.48. The molecule has 3 heterocycles. The van der Waals surface area contributed by atoms with E-state index in [0.29, 0.717) is 0 Å². The molecule has 0 amide bonds. The van der Waals surface area contributed by atoms with Gasteiger partial charge in [0.25, 0.3) is 0 Å². The molecular formula is C16H21ClN4. The molecule has 0 bridgehead atoms. The van der Waals surface area contributed by atoms with Crippen LogP contribution >= 0.6 is 12.4 Å². The van der Waals surface area contributed by atoms with E-state index in [1.54, 1.807) is 0 Å². The van der Waals surface area contributed by atoms with Gasteiger partial charge in [-0.25, -0.2) is 4.68 Å². The quantitative estimate of drug-likeness (QED) is 0.941. The zero-order valence-corrected chi connectivity index (χ0v) is 12.8. The van der Waals surface area contributed by atoms with Crippen molar-refractivity contribution in [2.45, 2.75) is 6.54 Å². The molecule has 21 heavy (non-hydrogen) atoms. The first kappa shape index (κ1) is 14.6. The summed E-state index contributed by atoms with van der Waals surface area (Å²) in [6.07, 6.45) is 2.06. The second-order valence-electron chi connectivity index (χ2n) is 5.96. The van der Waals surface area contributed by atoms with Crippen molar-refractivity contribution in [3.8, 4) is 5.69 Å². The molecule has 4 nitrogen and oxygen atoms in total. The lowest BCUT2D eigenvalue weighted by Gasteiger charge is -2.15. The zero-order valence-electron chi connectivity index (χ0n) is 12.0. The molecule has 1 aromatic heterocycles. The van der Waals surface area contributed by atoms with Crippen LogP contribution in [0.25, 0.3) is 5.69 Å². The predicted octanol–water partition coefficient (Wildman–Crippen LogP) is 1.95. The third kappa shape index (κ3) is 2.98. The van der Waals surface area contributed by atoms with Crippen LogP contribution in [0.15, 0.2) is 42.6 Å². The number of rotatable bonds is 3. The van der Waals surface area contributed by atoms with Crippen molar-refractivity contribution in [2.24, 2.45) is 11.8 Å². The monoisotopic (exact) mass is 304 g/mol. The van der Waals surface area contributed by atoms with Crippen molar-refractivity contribution >= 4 is 12.4 Å². The normalized spacial score (nSPS) is 24.8. The summed E-state index contributed by atoms with van der Waals surface area (Å²) >= 11 is 0. The Labute approximate surface area is 131 Å². The van der Waals surface area contributed by atoms with E-state index < -0.39 is 0 Å². The smallest absolute Gasteiger partial charge is 0.0769 e. The van der Waals surface area contributed by atoms with Gasteiger partial charge in [0.1, 0.15) is 0 Å². The molecule has 0 radical (unpaired) electrons. The van der Waals surface area contributed by atoms with Crippen LogP contribution in [0, 0.1) is 11.8 Å². The van der Waals surface area contributed by atoms with Crippen LogP contribution in [0.2, 0.25) is 0 Å². The summed E-state index contributed by atoms with van der Waals surface area (Å²) in [7, 11) is 0. The van der Waals surface area contributed by atoms with E-state index in [9.17, 15) is 0 Å². The Morgan fingerprint density at radius 1 is 1.05 bits per heavy atom. The number of halogens is 1. The molecule has 2 aromatic rings. The van der Waals surface area contributed by atoms with E-state index in [-0.39, 0.29) is 12.4 Å². The van der Waals surface area contributed by atoms with Crippen molar-refractivity contribution in [3.63, 3.8) is 0 Å². The van der Waals surface area contributed by atoms with E-state index in [1.165, 1.54) is 31.9 Å². The molecule has 2 aliphatic heterocycles. The Morgan fingerprint density at radius 3 is 2.48 bits per heavy atom. The second kappa shape index (κ2) is 6.18. The SMILES string of the molecule is Cl.c1ccc(-n2ccc(CN3C[C@H]4CNC[C@H]4C3)n2)cc1. The molecule has 1 aromatic carbocycles. The predicted molar refractivity (Wildman–Crippen MR) is 85.9 cm³/mol. The fraction of sp³-hybridized carbons (Fsp3) is 0.438. The summed E-state index contributed by atoms with van der Waals surface area (Å²) in [5.74, 6) is 1.71. The van der Waals surface area contributed by atoms with E-state index in [4.69, 9.17) is 5.10 Å². The molecule has 0 spiro atoms. The highest BCUT2D eigenvalue weighted by atomic mass is 35.5. The third-order valence-electron chi connectivity index (χ3n) is 4.52. The standard InChI is InChI=1S/C16H20N4.ClH/c1-2-4-16(5-3-1)20-7-6-15(18-20)12-19-10-13-8-17-9-14(13)11-19;/h1-7,13-14,17H,8-12H2;1H/t13-,14+;. The van der Waals surface area contributed by atoms with Crippen molar-refractivity contribution in [2.75, 3.05) is 26.2 Å². The number of benzene rings is 1. The van der Waals surface area contributed by atoms with Crippen LogP contribution in [0.1, 0.15) is 5.69 Å². The minimum atomic E-state index is 0. The maximum atomic E-state index is 4.70. The van der Waals surface area contributed by atoms with Crippen molar-refractivity contribution in [1.29, 1.82) is 0 Å². The lowest BCUT2D eigenvalue weighted by Crippen LogP contribution is -2.25. The van der Waals surface area contributed by atoms with Gasteiger partial charge in [-0.3, -0.25) is 4.90 Å². The van der Waals surface area contributed by atoms with Crippen LogP contribution in [0.4, 0.5) is 0 Å². The van der Waals surface area contributed by atoms with Crippen LogP contribution < -0.4 is 5.32 Å². The second-order valence-corrected chi connectivity index (χ2v) is 5.96. The number of hydrogen-bond acceptors (Lipinski definition) is 3. The first-order valence-electron chi connectivity index (χ1n) is 7.41. The average molecular weight is 305 g/mol. The van der Waals surface area contributed by atoms with Gasteiger partial charge in [-0.1, -0.05) is 18.2 Å². The number of nitrogens with one attached hydrogen (secondary N) is 1. The highest BCUT2D eigenvalue weighted by Crippen LogP contribution is 2.27. The maximum Gasteiger partial charge on any atom is 0.0769 e. The largest absolute Gasteiger partial charge is 0.316 e. The molecule has 2 atom stereocenters.